The van der Waals surface area contributed by atoms with Crippen LogP contribution in [0.5, 0.6) is 5.75 Å². The molecule has 0 aliphatic carbocycles. The fraction of sp³-hybridized carbons (Fsp3) is 0.304. The summed E-state index contributed by atoms with van der Waals surface area (Å²) in [5.41, 5.74) is 2.93. The Morgan fingerprint density at radius 2 is 1.90 bits per heavy atom. The molecule has 1 aromatic heterocycles. The third kappa shape index (κ3) is 4.49. The van der Waals surface area contributed by atoms with Crippen LogP contribution in [0.2, 0.25) is 0 Å². The van der Waals surface area contributed by atoms with Crippen LogP contribution < -0.4 is 16.0 Å². The van der Waals surface area contributed by atoms with Crippen molar-refractivity contribution in [3.63, 3.8) is 0 Å². The van der Waals surface area contributed by atoms with Gasteiger partial charge in [0.25, 0.3) is 0 Å². The molecule has 0 aliphatic heterocycles. The Labute approximate surface area is 169 Å². The van der Waals surface area contributed by atoms with Gasteiger partial charge in [-0.1, -0.05) is 36.1 Å². The molecule has 0 saturated carbocycles. The van der Waals surface area contributed by atoms with Gasteiger partial charge in [0.15, 0.2) is 0 Å². The molecular formula is C23H25NO5. The number of carbonyl (C=O) groups is 1. The number of carbonyl (C=O) groups excluding carboxylic acids is 1. The van der Waals surface area contributed by atoms with Crippen LogP contribution in [0.25, 0.3) is 11.0 Å². The number of ether oxygens (including phenoxy) is 1. The van der Waals surface area contributed by atoms with Gasteiger partial charge in [0.1, 0.15) is 12.1 Å². The third-order valence-electron chi connectivity index (χ3n) is 5.23. The van der Waals surface area contributed by atoms with Crippen molar-refractivity contribution in [2.45, 2.75) is 33.2 Å². The highest BCUT2D eigenvalue weighted by atomic mass is 16.5. The number of hydrogen-bond acceptors (Lipinski definition) is 5. The average molecular weight is 395 g/mol. The van der Waals surface area contributed by atoms with Gasteiger partial charge in [-0.3, -0.25) is 4.79 Å². The summed E-state index contributed by atoms with van der Waals surface area (Å²) in [4.78, 5) is 24.0. The molecule has 2 aromatic carbocycles. The number of rotatable bonds is 7. The fourth-order valence-corrected chi connectivity index (χ4v) is 3.48. The second kappa shape index (κ2) is 8.92. The molecule has 0 bridgehead atoms. The smallest absolute Gasteiger partial charge is 0.340 e. The minimum absolute atomic E-state index is 0.114. The maximum atomic E-state index is 12.7. The molecule has 1 heterocycles. The van der Waals surface area contributed by atoms with E-state index in [1.165, 1.54) is 12.7 Å². The number of fused-ring (bicyclic) bond motifs is 1. The maximum absolute atomic E-state index is 12.7. The van der Waals surface area contributed by atoms with Gasteiger partial charge in [-0.05, 0) is 42.2 Å². The zero-order valence-corrected chi connectivity index (χ0v) is 16.9. The lowest BCUT2D eigenvalue weighted by molar-refractivity contribution is -0.670. The standard InChI is InChI=1S/C23H25NO5/c1-14-18-11-17(13-24-10-9-16-7-5-4-6-8-16)21(26)15(2)22(18)29-23(27)19(14)12-20(25)28-3/h4-8,11,24,26H,9-10,12-13H2,1-3H3. The minimum Gasteiger partial charge on any atom is -0.872 e. The number of benzene rings is 2. The van der Waals surface area contributed by atoms with E-state index in [9.17, 15) is 14.7 Å². The monoisotopic (exact) mass is 395 g/mol. The normalized spacial score (nSPS) is 11.0. The van der Waals surface area contributed by atoms with E-state index in [1.807, 2.05) is 18.2 Å². The zero-order chi connectivity index (χ0) is 21.0. The number of quaternary nitrogens is 1. The van der Waals surface area contributed by atoms with Gasteiger partial charge in [0.2, 0.25) is 0 Å². The van der Waals surface area contributed by atoms with Crippen LogP contribution in [0.15, 0.2) is 45.6 Å². The lowest BCUT2D eigenvalue weighted by Gasteiger charge is -2.19. The first-order valence-corrected chi connectivity index (χ1v) is 9.60. The maximum Gasteiger partial charge on any atom is 0.340 e. The van der Waals surface area contributed by atoms with Gasteiger partial charge < -0.3 is 19.6 Å². The van der Waals surface area contributed by atoms with Crippen molar-refractivity contribution < 1.29 is 24.4 Å². The van der Waals surface area contributed by atoms with E-state index < -0.39 is 11.6 Å². The highest BCUT2D eigenvalue weighted by Crippen LogP contribution is 2.30. The molecule has 0 unspecified atom stereocenters. The Morgan fingerprint density at radius 1 is 1.17 bits per heavy atom. The third-order valence-corrected chi connectivity index (χ3v) is 5.23. The van der Waals surface area contributed by atoms with E-state index in [-0.39, 0.29) is 17.7 Å². The second-order valence-corrected chi connectivity index (χ2v) is 7.13. The molecule has 0 atom stereocenters. The lowest BCUT2D eigenvalue weighted by Crippen LogP contribution is -2.83. The number of hydrogen-bond donors (Lipinski definition) is 1. The van der Waals surface area contributed by atoms with Crippen LogP contribution in [-0.2, 0) is 28.9 Å². The Bertz CT molecular complexity index is 1090. The molecule has 152 valence electrons. The van der Waals surface area contributed by atoms with Crippen molar-refractivity contribution in [2.24, 2.45) is 0 Å². The van der Waals surface area contributed by atoms with E-state index in [2.05, 4.69) is 22.2 Å². The van der Waals surface area contributed by atoms with Gasteiger partial charge in [-0.2, -0.15) is 0 Å². The van der Waals surface area contributed by atoms with E-state index in [1.54, 1.807) is 19.9 Å². The second-order valence-electron chi connectivity index (χ2n) is 7.13. The summed E-state index contributed by atoms with van der Waals surface area (Å²) in [6.07, 6.45) is 0.760. The molecule has 3 rings (SSSR count). The topological polar surface area (TPSA) is 96.2 Å². The van der Waals surface area contributed by atoms with Gasteiger partial charge in [0, 0.05) is 11.8 Å². The van der Waals surface area contributed by atoms with Crippen molar-refractivity contribution in [1.29, 1.82) is 0 Å². The molecule has 3 aromatic rings. The van der Waals surface area contributed by atoms with Gasteiger partial charge >= 0.3 is 11.6 Å². The average Bonchev–Trinajstić information content (AvgIpc) is 2.73. The van der Waals surface area contributed by atoms with Crippen LogP contribution in [0, 0.1) is 13.8 Å². The molecule has 6 heteroatoms. The Hall–Kier alpha value is -3.12. The molecule has 29 heavy (non-hydrogen) atoms. The van der Waals surface area contributed by atoms with Gasteiger partial charge in [-0.25, -0.2) is 4.79 Å². The lowest BCUT2D eigenvalue weighted by atomic mass is 9.98. The molecule has 0 spiro atoms. The molecule has 6 nitrogen and oxygen atoms in total. The van der Waals surface area contributed by atoms with Crippen molar-refractivity contribution in [3.05, 3.63) is 74.6 Å². The van der Waals surface area contributed by atoms with Crippen LogP contribution in [0.4, 0.5) is 0 Å². The first kappa shape index (κ1) is 20.6. The summed E-state index contributed by atoms with van der Waals surface area (Å²) in [6.45, 7) is 4.83. The van der Waals surface area contributed by atoms with Crippen molar-refractivity contribution >= 4 is 16.9 Å². The number of aryl methyl sites for hydroxylation is 2. The van der Waals surface area contributed by atoms with E-state index in [0.717, 1.165) is 13.0 Å². The highest BCUT2D eigenvalue weighted by molar-refractivity contribution is 5.87. The summed E-state index contributed by atoms with van der Waals surface area (Å²) >= 11 is 0. The van der Waals surface area contributed by atoms with E-state index in [0.29, 0.717) is 34.2 Å². The SMILES string of the molecule is COC(=O)Cc1c(C)c2cc(C[NH2+]CCc3ccccc3)c([O-])c(C)c2oc1=O. The van der Waals surface area contributed by atoms with Gasteiger partial charge in [0.05, 0.1) is 25.6 Å². The molecule has 0 radical (unpaired) electrons. The first-order valence-electron chi connectivity index (χ1n) is 9.60. The van der Waals surface area contributed by atoms with Crippen LogP contribution >= 0.6 is 0 Å². The predicted molar refractivity (Wildman–Crippen MR) is 108 cm³/mol. The quantitative estimate of drug-likeness (QED) is 0.372. The molecule has 2 N–H and O–H groups in total. The van der Waals surface area contributed by atoms with Gasteiger partial charge in [-0.15, -0.1) is 0 Å². The van der Waals surface area contributed by atoms with Crippen molar-refractivity contribution in [2.75, 3.05) is 13.7 Å². The summed E-state index contributed by atoms with van der Waals surface area (Å²) in [5, 5.41) is 15.5. The van der Waals surface area contributed by atoms with E-state index in [4.69, 9.17) is 4.42 Å². The molecular weight excluding hydrogens is 370 g/mol. The van der Waals surface area contributed by atoms with Crippen LogP contribution in [0.1, 0.15) is 27.8 Å². The molecule has 0 saturated heterocycles. The van der Waals surface area contributed by atoms with Crippen molar-refractivity contribution in [1.82, 2.24) is 0 Å². The fourth-order valence-electron chi connectivity index (χ4n) is 3.48. The molecule has 0 aliphatic rings. The molecule has 0 fully saturated rings. The Morgan fingerprint density at radius 3 is 2.59 bits per heavy atom. The van der Waals surface area contributed by atoms with Crippen molar-refractivity contribution in [3.8, 4) is 5.75 Å². The minimum atomic E-state index is -0.606. The summed E-state index contributed by atoms with van der Waals surface area (Å²) in [7, 11) is 1.28. The summed E-state index contributed by atoms with van der Waals surface area (Å²) in [6, 6.07) is 12.0. The first-order chi connectivity index (χ1) is 13.9. The number of methoxy groups -OCH3 is 1. The summed E-state index contributed by atoms with van der Waals surface area (Å²) in [5.74, 6) is -0.622. The summed E-state index contributed by atoms with van der Waals surface area (Å²) < 4.78 is 10.1. The predicted octanol–water partition coefficient (Wildman–Crippen LogP) is 1.51. The van der Waals surface area contributed by atoms with Crippen LogP contribution in [0.3, 0.4) is 0 Å². The number of esters is 1. The number of nitrogens with two attached hydrogens (primary N) is 1. The van der Waals surface area contributed by atoms with E-state index >= 15 is 0 Å². The largest absolute Gasteiger partial charge is 0.872 e. The zero-order valence-electron chi connectivity index (χ0n) is 16.9. The Kier molecular flexibility index (Phi) is 6.34. The Balaban J connectivity index is 1.87. The highest BCUT2D eigenvalue weighted by Gasteiger charge is 2.17. The van der Waals surface area contributed by atoms with Crippen LogP contribution in [-0.4, -0.2) is 19.6 Å². The molecule has 0 amide bonds.